The van der Waals surface area contributed by atoms with Gasteiger partial charge in [-0.2, -0.15) is 8.42 Å². The number of hydrogen-bond acceptors (Lipinski definition) is 5. The Labute approximate surface area is 88.0 Å². The average molecular weight is 238 g/mol. The van der Waals surface area contributed by atoms with Gasteiger partial charge in [-0.1, -0.05) is 6.92 Å². The van der Waals surface area contributed by atoms with Crippen LogP contribution in [0.5, 0.6) is 0 Å². The molecule has 0 rings (SSSR count). The van der Waals surface area contributed by atoms with E-state index < -0.39 is 16.3 Å². The van der Waals surface area contributed by atoms with E-state index in [1.165, 1.54) is 0 Å². The maximum absolute atomic E-state index is 10.8. The third kappa shape index (κ3) is 6.89. The Kier molecular flexibility index (Phi) is 5.26. The normalized spacial score (nSPS) is 14.7. The van der Waals surface area contributed by atoms with E-state index in [2.05, 4.69) is 4.18 Å². The van der Waals surface area contributed by atoms with Gasteiger partial charge in [0.2, 0.25) is 5.91 Å². The number of hydrogen-bond donors (Lipinski definition) is 3. The summed E-state index contributed by atoms with van der Waals surface area (Å²) in [4.78, 5) is 10.8. The molecule has 0 radical (unpaired) electrons. The van der Waals surface area contributed by atoms with Crippen LogP contribution in [0.1, 0.15) is 19.8 Å². The van der Waals surface area contributed by atoms with Crippen molar-refractivity contribution in [2.45, 2.75) is 25.8 Å². The Bertz CT molecular complexity index is 348. The van der Waals surface area contributed by atoms with Crippen molar-refractivity contribution < 1.29 is 21.9 Å². The van der Waals surface area contributed by atoms with Crippen molar-refractivity contribution in [3.05, 3.63) is 11.8 Å². The molecule has 1 amide bonds. The van der Waals surface area contributed by atoms with Gasteiger partial charge in [0.05, 0.1) is 5.57 Å². The molecule has 0 saturated carbocycles. The van der Waals surface area contributed by atoms with Gasteiger partial charge in [-0.25, -0.2) is 0 Å². The molecule has 0 spiro atoms. The summed E-state index contributed by atoms with van der Waals surface area (Å²) >= 11 is 0. The summed E-state index contributed by atoms with van der Waals surface area (Å²) in [6.07, 6.45) is 1.27. The number of rotatable bonds is 6. The van der Waals surface area contributed by atoms with Crippen molar-refractivity contribution in [3.8, 4) is 0 Å². The van der Waals surface area contributed by atoms with Crippen LogP contribution in [0.25, 0.3) is 0 Å². The van der Waals surface area contributed by atoms with Crippen LogP contribution in [0.3, 0.4) is 0 Å². The molecule has 0 aromatic heterocycles. The van der Waals surface area contributed by atoms with Gasteiger partial charge in [0, 0.05) is 6.04 Å². The number of primary amides is 1. The molecule has 0 aliphatic rings. The number of nitrogens with two attached hydrogens (primary N) is 2. The van der Waals surface area contributed by atoms with Crippen LogP contribution in [0, 0.1) is 0 Å². The van der Waals surface area contributed by atoms with Crippen LogP contribution in [-0.4, -0.2) is 24.9 Å². The highest BCUT2D eigenvalue weighted by Gasteiger charge is 2.12. The zero-order chi connectivity index (χ0) is 12.1. The Balaban J connectivity index is 4.60. The van der Waals surface area contributed by atoms with Crippen molar-refractivity contribution in [1.82, 2.24) is 0 Å². The highest BCUT2D eigenvalue weighted by molar-refractivity contribution is 7.81. The average Bonchev–Trinajstić information content (AvgIpc) is 2.09. The monoisotopic (exact) mass is 238 g/mol. The first-order chi connectivity index (χ1) is 6.76. The Morgan fingerprint density at radius 2 is 2.13 bits per heavy atom. The zero-order valence-electron chi connectivity index (χ0n) is 8.21. The van der Waals surface area contributed by atoms with Gasteiger partial charge < -0.3 is 15.7 Å². The summed E-state index contributed by atoms with van der Waals surface area (Å²) in [5.41, 5.74) is 10.4. The van der Waals surface area contributed by atoms with Crippen molar-refractivity contribution in [3.63, 3.8) is 0 Å². The van der Waals surface area contributed by atoms with Gasteiger partial charge >= 0.3 is 10.4 Å². The zero-order valence-corrected chi connectivity index (χ0v) is 9.03. The fraction of sp³-hybridized carbons (Fsp3) is 0.571. The topological polar surface area (TPSA) is 133 Å². The van der Waals surface area contributed by atoms with E-state index in [1.54, 1.807) is 6.92 Å². The molecule has 1 unspecified atom stereocenters. The van der Waals surface area contributed by atoms with Gasteiger partial charge in [-0.05, 0) is 12.8 Å². The first-order valence-electron chi connectivity index (χ1n) is 4.16. The van der Waals surface area contributed by atoms with E-state index in [0.29, 0.717) is 12.7 Å². The molecule has 0 aromatic rings. The van der Waals surface area contributed by atoms with Gasteiger partial charge in [-0.15, -0.1) is 0 Å². The second kappa shape index (κ2) is 5.69. The fourth-order valence-electron chi connectivity index (χ4n) is 0.752. The molecule has 15 heavy (non-hydrogen) atoms. The summed E-state index contributed by atoms with van der Waals surface area (Å²) in [5.74, 6) is -0.845. The first kappa shape index (κ1) is 13.9. The fourth-order valence-corrected chi connectivity index (χ4v) is 0.990. The maximum Gasteiger partial charge on any atom is 0.445 e. The van der Waals surface area contributed by atoms with E-state index in [-0.39, 0.29) is 18.0 Å². The standard InChI is InChI=1S/C7H14N2O5S/c1-2-6(8)3-5(7(9)10)4-14-15(11,12)13/h4,6H,2-3,8H2,1H3,(H2,9,10)(H,11,12,13)/b5-4+. The third-order valence-electron chi connectivity index (χ3n) is 1.63. The molecular weight excluding hydrogens is 224 g/mol. The van der Waals surface area contributed by atoms with Crippen LogP contribution in [0.2, 0.25) is 0 Å². The molecule has 5 N–H and O–H groups in total. The second-order valence-corrected chi connectivity index (χ2v) is 3.95. The number of amides is 1. The molecule has 0 heterocycles. The Morgan fingerprint density at radius 1 is 1.60 bits per heavy atom. The summed E-state index contributed by atoms with van der Waals surface area (Å²) < 4.78 is 32.6. The Morgan fingerprint density at radius 3 is 2.47 bits per heavy atom. The van der Waals surface area contributed by atoms with E-state index in [9.17, 15) is 13.2 Å². The SMILES string of the molecule is CCC(N)C/C(=C\OS(=O)(=O)O)C(N)=O. The van der Waals surface area contributed by atoms with Gasteiger partial charge in [0.25, 0.3) is 0 Å². The lowest BCUT2D eigenvalue weighted by molar-refractivity contribution is -0.114. The summed E-state index contributed by atoms with van der Waals surface area (Å²) in [6.45, 7) is 1.80. The number of carbonyl (C=O) groups excluding carboxylic acids is 1. The molecule has 0 bridgehead atoms. The molecule has 8 heteroatoms. The quantitative estimate of drug-likeness (QED) is 0.318. The molecule has 0 aliphatic carbocycles. The molecule has 88 valence electrons. The van der Waals surface area contributed by atoms with Crippen LogP contribution >= 0.6 is 0 Å². The molecule has 7 nitrogen and oxygen atoms in total. The minimum absolute atomic E-state index is 0.0847. The van der Waals surface area contributed by atoms with E-state index in [4.69, 9.17) is 16.0 Å². The molecule has 0 aliphatic heterocycles. The molecule has 1 atom stereocenters. The van der Waals surface area contributed by atoms with Crippen LogP contribution in [0.15, 0.2) is 11.8 Å². The lowest BCUT2D eigenvalue weighted by Crippen LogP contribution is -2.24. The predicted octanol–water partition coefficient (Wildman–Crippen LogP) is -0.698. The lowest BCUT2D eigenvalue weighted by Gasteiger charge is -2.08. The van der Waals surface area contributed by atoms with E-state index >= 15 is 0 Å². The smallest absolute Gasteiger partial charge is 0.369 e. The first-order valence-corrected chi connectivity index (χ1v) is 5.53. The van der Waals surface area contributed by atoms with E-state index in [1.807, 2.05) is 0 Å². The summed E-state index contributed by atoms with van der Waals surface area (Å²) in [6, 6.07) is -0.325. The number of carbonyl (C=O) groups is 1. The van der Waals surface area contributed by atoms with Crippen molar-refractivity contribution in [1.29, 1.82) is 0 Å². The maximum atomic E-state index is 10.8. The van der Waals surface area contributed by atoms with Crippen molar-refractivity contribution in [2.24, 2.45) is 11.5 Å². The predicted molar refractivity (Wildman–Crippen MR) is 52.8 cm³/mol. The second-order valence-electron chi connectivity index (χ2n) is 2.90. The van der Waals surface area contributed by atoms with Gasteiger partial charge in [-0.3, -0.25) is 9.35 Å². The minimum atomic E-state index is -4.62. The van der Waals surface area contributed by atoms with Crippen LogP contribution in [-0.2, 0) is 19.4 Å². The van der Waals surface area contributed by atoms with Gasteiger partial charge in [0.15, 0.2) is 0 Å². The van der Waals surface area contributed by atoms with Crippen LogP contribution < -0.4 is 11.5 Å². The summed E-state index contributed by atoms with van der Waals surface area (Å²) in [5, 5.41) is 0. The summed E-state index contributed by atoms with van der Waals surface area (Å²) in [7, 11) is -4.62. The van der Waals surface area contributed by atoms with Gasteiger partial charge in [0.1, 0.15) is 6.26 Å². The third-order valence-corrected chi connectivity index (χ3v) is 1.97. The molecule has 0 aromatic carbocycles. The molecule has 0 fully saturated rings. The van der Waals surface area contributed by atoms with Crippen molar-refractivity contribution in [2.75, 3.05) is 0 Å². The lowest BCUT2D eigenvalue weighted by atomic mass is 10.1. The highest BCUT2D eigenvalue weighted by Crippen LogP contribution is 2.07. The van der Waals surface area contributed by atoms with Crippen LogP contribution in [0.4, 0.5) is 0 Å². The molecule has 0 saturated heterocycles. The highest BCUT2D eigenvalue weighted by atomic mass is 32.3. The molecular formula is C7H14N2O5S. The largest absolute Gasteiger partial charge is 0.445 e. The minimum Gasteiger partial charge on any atom is -0.369 e. The van der Waals surface area contributed by atoms with E-state index in [0.717, 1.165) is 0 Å². The van der Waals surface area contributed by atoms with Crippen molar-refractivity contribution >= 4 is 16.3 Å². The Hall–Kier alpha value is -1.12.